The molecule has 22 heavy (non-hydrogen) atoms. The smallest absolute Gasteiger partial charge is 0.481 e. The zero-order valence-electron chi connectivity index (χ0n) is 11.4. The van der Waals surface area contributed by atoms with Crippen LogP contribution in [0.1, 0.15) is 19.3 Å². The fraction of sp³-hybridized carbons (Fsp3) is 0.429. The van der Waals surface area contributed by atoms with Crippen molar-refractivity contribution in [1.29, 1.82) is 0 Å². The number of alkyl halides is 3. The van der Waals surface area contributed by atoms with Crippen LogP contribution in [0.3, 0.4) is 0 Å². The molecule has 2 atom stereocenters. The Labute approximate surface area is 124 Å². The quantitative estimate of drug-likeness (QED) is 0.895. The standard InChI is InChI=1S/C14H14F3NO4/c15-14(16,17)22-11-4-2-1-3-10(11)18-12(19)8-5-6-9(7-8)13(20)21/h1-4,8-9H,5-7H2,(H,18,19)(H,20,21)/t8-,9+/m0/s1. The summed E-state index contributed by atoms with van der Waals surface area (Å²) in [6, 6.07) is 5.21. The van der Waals surface area contributed by atoms with E-state index in [1.165, 1.54) is 18.2 Å². The van der Waals surface area contributed by atoms with Crippen molar-refractivity contribution < 1.29 is 32.6 Å². The van der Waals surface area contributed by atoms with Gasteiger partial charge < -0.3 is 15.2 Å². The van der Waals surface area contributed by atoms with E-state index < -0.39 is 35.8 Å². The lowest BCUT2D eigenvalue weighted by Crippen LogP contribution is -2.23. The van der Waals surface area contributed by atoms with E-state index in [2.05, 4.69) is 10.1 Å². The van der Waals surface area contributed by atoms with Crippen molar-refractivity contribution >= 4 is 17.6 Å². The predicted molar refractivity (Wildman–Crippen MR) is 70.2 cm³/mol. The first kappa shape index (κ1) is 16.1. The van der Waals surface area contributed by atoms with Gasteiger partial charge in [-0.3, -0.25) is 9.59 Å². The molecule has 1 aromatic rings. The number of rotatable bonds is 4. The topological polar surface area (TPSA) is 75.6 Å². The van der Waals surface area contributed by atoms with Crippen LogP contribution >= 0.6 is 0 Å². The van der Waals surface area contributed by atoms with Gasteiger partial charge in [-0.25, -0.2) is 0 Å². The van der Waals surface area contributed by atoms with Gasteiger partial charge in [-0.1, -0.05) is 12.1 Å². The summed E-state index contributed by atoms with van der Waals surface area (Å²) in [5.41, 5.74) is -0.0939. The van der Waals surface area contributed by atoms with E-state index in [9.17, 15) is 22.8 Å². The Morgan fingerprint density at radius 2 is 1.82 bits per heavy atom. The summed E-state index contributed by atoms with van der Waals surface area (Å²) in [7, 11) is 0. The Morgan fingerprint density at radius 3 is 2.41 bits per heavy atom. The number of halogens is 3. The molecule has 1 fully saturated rings. The van der Waals surface area contributed by atoms with Crippen LogP contribution in [0.5, 0.6) is 5.75 Å². The van der Waals surface area contributed by atoms with E-state index >= 15 is 0 Å². The Hall–Kier alpha value is -2.25. The summed E-state index contributed by atoms with van der Waals surface area (Å²) >= 11 is 0. The Balaban J connectivity index is 2.05. The number of hydrogen-bond donors (Lipinski definition) is 2. The third-order valence-electron chi connectivity index (χ3n) is 3.52. The number of nitrogens with one attached hydrogen (secondary N) is 1. The van der Waals surface area contributed by atoms with Gasteiger partial charge in [0, 0.05) is 5.92 Å². The van der Waals surface area contributed by atoms with Gasteiger partial charge in [-0.2, -0.15) is 0 Å². The number of amides is 1. The highest BCUT2D eigenvalue weighted by molar-refractivity contribution is 5.94. The number of anilines is 1. The molecule has 2 N–H and O–H groups in total. The minimum Gasteiger partial charge on any atom is -0.481 e. The maximum atomic E-state index is 12.3. The van der Waals surface area contributed by atoms with E-state index in [4.69, 9.17) is 5.11 Å². The van der Waals surface area contributed by atoms with Gasteiger partial charge in [0.15, 0.2) is 5.75 Å². The number of benzene rings is 1. The molecule has 5 nitrogen and oxygen atoms in total. The molecule has 1 saturated carbocycles. The summed E-state index contributed by atoms with van der Waals surface area (Å²) in [6.45, 7) is 0. The summed E-state index contributed by atoms with van der Waals surface area (Å²) in [5.74, 6) is -3.08. The number of ether oxygens (including phenoxy) is 1. The molecule has 0 saturated heterocycles. The molecular weight excluding hydrogens is 303 g/mol. The van der Waals surface area contributed by atoms with E-state index in [1.807, 2.05) is 0 Å². The van der Waals surface area contributed by atoms with Crippen LogP contribution in [0.2, 0.25) is 0 Å². The van der Waals surface area contributed by atoms with E-state index in [1.54, 1.807) is 0 Å². The molecule has 0 spiro atoms. The number of hydrogen-bond acceptors (Lipinski definition) is 3. The average molecular weight is 317 g/mol. The molecular formula is C14H14F3NO4. The Kier molecular flexibility index (Phi) is 4.58. The molecule has 2 rings (SSSR count). The third-order valence-corrected chi connectivity index (χ3v) is 3.52. The molecule has 0 unspecified atom stereocenters. The van der Waals surface area contributed by atoms with E-state index in [0.717, 1.165) is 6.07 Å². The lowest BCUT2D eigenvalue weighted by molar-refractivity contribution is -0.274. The number of carbonyl (C=O) groups excluding carboxylic acids is 1. The van der Waals surface area contributed by atoms with Crippen molar-refractivity contribution in [3.05, 3.63) is 24.3 Å². The van der Waals surface area contributed by atoms with Crippen LogP contribution in [0.15, 0.2) is 24.3 Å². The molecule has 0 aromatic heterocycles. The van der Waals surface area contributed by atoms with Crippen LogP contribution in [0, 0.1) is 11.8 Å². The van der Waals surface area contributed by atoms with E-state index in [0.29, 0.717) is 12.8 Å². The minimum atomic E-state index is -4.86. The SMILES string of the molecule is O=C(O)[C@@H]1CC[C@H](C(=O)Nc2ccccc2OC(F)(F)F)C1. The summed E-state index contributed by atoms with van der Waals surface area (Å²) in [6.07, 6.45) is -3.90. The Morgan fingerprint density at radius 1 is 1.18 bits per heavy atom. The van der Waals surface area contributed by atoms with Crippen molar-refractivity contribution in [1.82, 2.24) is 0 Å². The molecule has 0 radical (unpaired) electrons. The fourth-order valence-electron chi connectivity index (χ4n) is 2.46. The van der Waals surface area contributed by atoms with Crippen LogP contribution in [0.25, 0.3) is 0 Å². The first-order valence-corrected chi connectivity index (χ1v) is 6.64. The first-order chi connectivity index (χ1) is 10.3. The molecule has 120 valence electrons. The van der Waals surface area contributed by atoms with Crippen LogP contribution in [0.4, 0.5) is 18.9 Å². The number of aliphatic carboxylic acids is 1. The minimum absolute atomic E-state index is 0.0939. The van der Waals surface area contributed by atoms with Gasteiger partial charge in [-0.05, 0) is 31.4 Å². The van der Waals surface area contributed by atoms with Gasteiger partial charge in [0.05, 0.1) is 11.6 Å². The fourth-order valence-corrected chi connectivity index (χ4v) is 2.46. The molecule has 0 bridgehead atoms. The normalized spacial score (nSPS) is 21.4. The molecule has 1 aromatic carbocycles. The van der Waals surface area contributed by atoms with E-state index in [-0.39, 0.29) is 12.1 Å². The van der Waals surface area contributed by atoms with Gasteiger partial charge in [0.2, 0.25) is 5.91 Å². The second-order valence-corrected chi connectivity index (χ2v) is 5.08. The zero-order valence-corrected chi connectivity index (χ0v) is 11.4. The lowest BCUT2D eigenvalue weighted by Gasteiger charge is -2.15. The summed E-state index contributed by atoms with van der Waals surface area (Å²) in [4.78, 5) is 22.9. The highest BCUT2D eigenvalue weighted by Gasteiger charge is 2.35. The van der Waals surface area contributed by atoms with Crippen molar-refractivity contribution in [2.75, 3.05) is 5.32 Å². The van der Waals surface area contributed by atoms with Gasteiger partial charge in [-0.15, -0.1) is 13.2 Å². The van der Waals surface area contributed by atoms with Crippen molar-refractivity contribution in [2.45, 2.75) is 25.6 Å². The number of carboxylic acids is 1. The van der Waals surface area contributed by atoms with Gasteiger partial charge >= 0.3 is 12.3 Å². The number of carbonyl (C=O) groups is 2. The molecule has 0 aliphatic heterocycles. The van der Waals surface area contributed by atoms with Crippen LogP contribution in [-0.4, -0.2) is 23.3 Å². The molecule has 1 aliphatic rings. The largest absolute Gasteiger partial charge is 0.573 e. The van der Waals surface area contributed by atoms with Crippen LogP contribution < -0.4 is 10.1 Å². The molecule has 8 heteroatoms. The second-order valence-electron chi connectivity index (χ2n) is 5.08. The zero-order chi connectivity index (χ0) is 16.3. The first-order valence-electron chi connectivity index (χ1n) is 6.64. The molecule has 1 amide bonds. The average Bonchev–Trinajstić information content (AvgIpc) is 2.89. The maximum Gasteiger partial charge on any atom is 0.573 e. The summed E-state index contributed by atoms with van der Waals surface area (Å²) in [5, 5.41) is 11.3. The highest BCUT2D eigenvalue weighted by atomic mass is 19.4. The van der Waals surface area contributed by atoms with Gasteiger partial charge in [0.25, 0.3) is 0 Å². The highest BCUT2D eigenvalue weighted by Crippen LogP contribution is 2.34. The lowest BCUT2D eigenvalue weighted by atomic mass is 10.0. The van der Waals surface area contributed by atoms with Crippen molar-refractivity contribution in [2.24, 2.45) is 11.8 Å². The molecule has 1 aliphatic carbocycles. The predicted octanol–water partition coefficient (Wildman–Crippen LogP) is 3.02. The van der Waals surface area contributed by atoms with Crippen molar-refractivity contribution in [3.63, 3.8) is 0 Å². The van der Waals surface area contributed by atoms with Crippen LogP contribution in [-0.2, 0) is 9.59 Å². The van der Waals surface area contributed by atoms with Crippen molar-refractivity contribution in [3.8, 4) is 5.75 Å². The monoisotopic (exact) mass is 317 g/mol. The second kappa shape index (κ2) is 6.25. The maximum absolute atomic E-state index is 12.3. The number of para-hydroxylation sites is 2. The Bertz CT molecular complexity index is 573. The summed E-state index contributed by atoms with van der Waals surface area (Å²) < 4.78 is 40.7. The molecule has 0 heterocycles. The third kappa shape index (κ3) is 4.12. The number of carboxylic acid groups (broad SMARTS) is 1. The van der Waals surface area contributed by atoms with Gasteiger partial charge in [0.1, 0.15) is 0 Å².